The second kappa shape index (κ2) is 4.13. The molecule has 0 atom stereocenters. The number of halogens is 1. The van der Waals surface area contributed by atoms with Gasteiger partial charge in [-0.25, -0.2) is 0 Å². The van der Waals surface area contributed by atoms with Crippen LogP contribution < -0.4 is 5.73 Å². The van der Waals surface area contributed by atoms with Crippen LogP contribution in [0, 0.1) is 5.92 Å². The number of nitrogens with two attached hydrogens (primary N) is 1. The molecule has 9 heavy (non-hydrogen) atoms. The Hall–Kier alpha value is 0.250. The van der Waals surface area contributed by atoms with E-state index >= 15 is 0 Å². The normalized spacial score (nSPS) is 11.3. The molecular weight excluding hydrogens is 134 g/mol. The van der Waals surface area contributed by atoms with Gasteiger partial charge in [0.25, 0.3) is 0 Å². The molecule has 0 aliphatic heterocycles. The highest BCUT2D eigenvalue weighted by Crippen LogP contribution is 2.11. The van der Waals surface area contributed by atoms with Crippen molar-refractivity contribution in [1.82, 2.24) is 0 Å². The van der Waals surface area contributed by atoms with E-state index in [1.165, 1.54) is 0 Å². The van der Waals surface area contributed by atoms with Crippen LogP contribution in [0.1, 0.15) is 34.1 Å². The lowest BCUT2D eigenvalue weighted by Crippen LogP contribution is -2.33. The van der Waals surface area contributed by atoms with Crippen LogP contribution in [-0.2, 0) is 0 Å². The zero-order chi connectivity index (χ0) is 6.78. The summed E-state index contributed by atoms with van der Waals surface area (Å²) in [6, 6.07) is 0. The van der Waals surface area contributed by atoms with Crippen LogP contribution in [-0.4, -0.2) is 5.54 Å². The maximum Gasteiger partial charge on any atom is 0.00994 e. The molecule has 0 spiro atoms. The van der Waals surface area contributed by atoms with E-state index in [1.54, 1.807) is 0 Å². The smallest absolute Gasteiger partial charge is 0.00994 e. The van der Waals surface area contributed by atoms with E-state index in [-0.39, 0.29) is 17.9 Å². The lowest BCUT2D eigenvalue weighted by Gasteiger charge is -2.20. The molecule has 0 aromatic carbocycles. The average Bonchev–Trinajstić information content (AvgIpc) is 1.21. The summed E-state index contributed by atoms with van der Waals surface area (Å²) in [4.78, 5) is 0. The molecule has 0 rings (SSSR count). The highest BCUT2D eigenvalue weighted by molar-refractivity contribution is 5.85. The fraction of sp³-hybridized carbons (Fsp3) is 1.00. The van der Waals surface area contributed by atoms with E-state index in [0.717, 1.165) is 12.3 Å². The summed E-state index contributed by atoms with van der Waals surface area (Å²) in [5, 5.41) is 0. The van der Waals surface area contributed by atoms with Crippen molar-refractivity contribution in [3.05, 3.63) is 0 Å². The van der Waals surface area contributed by atoms with E-state index in [1.807, 2.05) is 0 Å². The van der Waals surface area contributed by atoms with Crippen molar-refractivity contribution >= 4 is 12.4 Å². The summed E-state index contributed by atoms with van der Waals surface area (Å²) >= 11 is 0. The highest BCUT2D eigenvalue weighted by Gasteiger charge is 2.11. The van der Waals surface area contributed by atoms with Gasteiger partial charge in [-0.05, 0) is 26.2 Å². The zero-order valence-corrected chi connectivity index (χ0v) is 7.59. The van der Waals surface area contributed by atoms with E-state index in [4.69, 9.17) is 5.73 Å². The average molecular weight is 152 g/mol. The third-order valence-electron chi connectivity index (χ3n) is 0.934. The Bertz CT molecular complexity index is 63.8. The first kappa shape index (κ1) is 12.0. The Labute approximate surface area is 64.4 Å². The molecule has 0 fully saturated rings. The molecule has 0 amide bonds. The molecule has 58 valence electrons. The van der Waals surface area contributed by atoms with E-state index < -0.39 is 0 Å². The summed E-state index contributed by atoms with van der Waals surface area (Å²) in [5.41, 5.74) is 5.76. The fourth-order valence-electron chi connectivity index (χ4n) is 1.05. The standard InChI is InChI=1S/C7H17N.ClH/c1-6(2)5-7(3,4)8;/h6H,5,8H2,1-4H3;1H. The maximum absolute atomic E-state index is 5.74. The largest absolute Gasteiger partial charge is 0.326 e. The van der Waals surface area contributed by atoms with Gasteiger partial charge in [0.15, 0.2) is 0 Å². The minimum absolute atomic E-state index is 0. The minimum Gasteiger partial charge on any atom is -0.326 e. The van der Waals surface area contributed by atoms with Gasteiger partial charge < -0.3 is 5.73 Å². The lowest BCUT2D eigenvalue weighted by molar-refractivity contribution is 0.400. The molecule has 0 bridgehead atoms. The maximum atomic E-state index is 5.74. The summed E-state index contributed by atoms with van der Waals surface area (Å²) in [5.74, 6) is 0.718. The second-order valence-electron chi connectivity index (χ2n) is 3.59. The van der Waals surface area contributed by atoms with Crippen LogP contribution in [0.15, 0.2) is 0 Å². The van der Waals surface area contributed by atoms with Gasteiger partial charge in [-0.15, -0.1) is 12.4 Å². The van der Waals surface area contributed by atoms with Crippen molar-refractivity contribution in [2.75, 3.05) is 0 Å². The van der Waals surface area contributed by atoms with Gasteiger partial charge in [0, 0.05) is 5.54 Å². The SMILES string of the molecule is CC(C)CC(C)(C)N.Cl. The molecule has 0 aliphatic rings. The molecule has 0 radical (unpaired) electrons. The van der Waals surface area contributed by atoms with Crippen LogP contribution >= 0.6 is 12.4 Å². The van der Waals surface area contributed by atoms with Gasteiger partial charge >= 0.3 is 0 Å². The molecule has 0 unspecified atom stereocenters. The molecule has 0 saturated carbocycles. The summed E-state index contributed by atoms with van der Waals surface area (Å²) in [6.07, 6.45) is 1.10. The van der Waals surface area contributed by atoms with E-state index in [9.17, 15) is 0 Å². The Morgan fingerprint density at radius 1 is 1.33 bits per heavy atom. The van der Waals surface area contributed by atoms with Crippen molar-refractivity contribution in [3.63, 3.8) is 0 Å². The van der Waals surface area contributed by atoms with Crippen molar-refractivity contribution in [3.8, 4) is 0 Å². The van der Waals surface area contributed by atoms with Gasteiger partial charge in [-0.2, -0.15) is 0 Å². The Kier molecular flexibility index (Phi) is 5.49. The second-order valence-corrected chi connectivity index (χ2v) is 3.59. The predicted molar refractivity (Wildman–Crippen MR) is 45.0 cm³/mol. The molecule has 2 N–H and O–H groups in total. The van der Waals surface area contributed by atoms with Crippen LogP contribution in [0.4, 0.5) is 0 Å². The first-order valence-corrected chi connectivity index (χ1v) is 3.21. The number of hydrogen-bond acceptors (Lipinski definition) is 1. The van der Waals surface area contributed by atoms with E-state index in [2.05, 4.69) is 27.7 Å². The number of rotatable bonds is 2. The summed E-state index contributed by atoms with van der Waals surface area (Å²) in [6.45, 7) is 8.50. The van der Waals surface area contributed by atoms with Gasteiger partial charge in [-0.3, -0.25) is 0 Å². The van der Waals surface area contributed by atoms with Gasteiger partial charge in [-0.1, -0.05) is 13.8 Å². The molecule has 0 aromatic rings. The highest BCUT2D eigenvalue weighted by atomic mass is 35.5. The Balaban J connectivity index is 0. The molecule has 0 aromatic heterocycles. The van der Waals surface area contributed by atoms with Gasteiger partial charge in [0.05, 0.1) is 0 Å². The van der Waals surface area contributed by atoms with Crippen molar-refractivity contribution in [1.29, 1.82) is 0 Å². The van der Waals surface area contributed by atoms with Crippen LogP contribution in [0.3, 0.4) is 0 Å². The lowest BCUT2D eigenvalue weighted by atomic mass is 9.94. The Morgan fingerprint density at radius 3 is 1.67 bits per heavy atom. The van der Waals surface area contributed by atoms with Crippen LogP contribution in [0.2, 0.25) is 0 Å². The first-order valence-electron chi connectivity index (χ1n) is 3.21. The van der Waals surface area contributed by atoms with Crippen molar-refractivity contribution < 1.29 is 0 Å². The van der Waals surface area contributed by atoms with Crippen molar-refractivity contribution in [2.45, 2.75) is 39.7 Å². The van der Waals surface area contributed by atoms with Crippen molar-refractivity contribution in [2.24, 2.45) is 11.7 Å². The van der Waals surface area contributed by atoms with Crippen LogP contribution in [0.5, 0.6) is 0 Å². The molecule has 1 nitrogen and oxygen atoms in total. The van der Waals surface area contributed by atoms with E-state index in [0.29, 0.717) is 0 Å². The number of hydrogen-bond donors (Lipinski definition) is 1. The fourth-order valence-corrected chi connectivity index (χ4v) is 1.05. The zero-order valence-electron chi connectivity index (χ0n) is 6.77. The first-order chi connectivity index (χ1) is 3.42. The topological polar surface area (TPSA) is 26.0 Å². The van der Waals surface area contributed by atoms with Gasteiger partial charge in [0.2, 0.25) is 0 Å². The third-order valence-corrected chi connectivity index (χ3v) is 0.934. The quantitative estimate of drug-likeness (QED) is 0.644. The molecule has 2 heteroatoms. The Morgan fingerprint density at radius 2 is 1.67 bits per heavy atom. The molecule has 0 heterocycles. The summed E-state index contributed by atoms with van der Waals surface area (Å²) in [7, 11) is 0. The molecule has 0 aliphatic carbocycles. The van der Waals surface area contributed by atoms with Crippen LogP contribution in [0.25, 0.3) is 0 Å². The third kappa shape index (κ3) is 11.7. The predicted octanol–water partition coefficient (Wildman–Crippen LogP) is 2.19. The van der Waals surface area contributed by atoms with Gasteiger partial charge in [0.1, 0.15) is 0 Å². The molecular formula is C7H18ClN. The summed E-state index contributed by atoms with van der Waals surface area (Å²) < 4.78 is 0. The molecule has 0 saturated heterocycles. The minimum atomic E-state index is 0. The monoisotopic (exact) mass is 151 g/mol.